The third kappa shape index (κ3) is 6.01. The Balaban J connectivity index is 0.00000136. The second-order valence-electron chi connectivity index (χ2n) is 7.10. The number of phenols is 1. The van der Waals surface area contributed by atoms with Crippen molar-refractivity contribution in [1.29, 1.82) is 0 Å². The number of benzene rings is 2. The summed E-state index contributed by atoms with van der Waals surface area (Å²) >= 11 is 0. The lowest BCUT2D eigenvalue weighted by Gasteiger charge is -2.26. The van der Waals surface area contributed by atoms with Gasteiger partial charge in [-0.2, -0.15) is 0 Å². The molecule has 1 aliphatic heterocycles. The SMILES string of the molecule is CC.Cc1cc(CCC(=O)N2CCCCC2)cc(C)c1Oc1ccc(O)cc1. The standard InChI is InChI=1S/C22H27NO3.C2H6/c1-16-14-18(6-11-21(25)23-12-4-3-5-13-23)15-17(2)22(16)26-20-9-7-19(24)8-10-20;1-2/h7-10,14-15,24H,3-6,11-13H2,1-2H3;1-2H3. The monoisotopic (exact) mass is 383 g/mol. The summed E-state index contributed by atoms with van der Waals surface area (Å²) in [4.78, 5) is 14.4. The Hall–Kier alpha value is -2.49. The van der Waals surface area contributed by atoms with Crippen molar-refractivity contribution in [2.75, 3.05) is 13.1 Å². The minimum atomic E-state index is 0.222. The molecule has 1 amide bonds. The van der Waals surface area contributed by atoms with E-state index < -0.39 is 0 Å². The number of hydrogen-bond donors (Lipinski definition) is 1. The van der Waals surface area contributed by atoms with Crippen molar-refractivity contribution in [1.82, 2.24) is 4.90 Å². The van der Waals surface area contributed by atoms with Crippen LogP contribution in [-0.4, -0.2) is 29.0 Å². The van der Waals surface area contributed by atoms with Crippen molar-refractivity contribution in [3.63, 3.8) is 0 Å². The molecule has 2 aromatic carbocycles. The number of carbonyl (C=O) groups is 1. The van der Waals surface area contributed by atoms with E-state index in [4.69, 9.17) is 4.74 Å². The van der Waals surface area contributed by atoms with E-state index >= 15 is 0 Å². The molecule has 1 heterocycles. The van der Waals surface area contributed by atoms with Crippen molar-refractivity contribution < 1.29 is 14.6 Å². The largest absolute Gasteiger partial charge is 0.508 e. The van der Waals surface area contributed by atoms with Crippen LogP contribution in [-0.2, 0) is 11.2 Å². The maximum Gasteiger partial charge on any atom is 0.222 e. The van der Waals surface area contributed by atoms with Crippen LogP contribution in [0.3, 0.4) is 0 Å². The van der Waals surface area contributed by atoms with Gasteiger partial charge in [-0.05, 0) is 80.5 Å². The molecule has 0 atom stereocenters. The molecule has 1 saturated heterocycles. The average Bonchev–Trinajstić information content (AvgIpc) is 2.72. The van der Waals surface area contributed by atoms with Crippen LogP contribution in [0, 0.1) is 13.8 Å². The minimum Gasteiger partial charge on any atom is -0.508 e. The minimum absolute atomic E-state index is 0.222. The van der Waals surface area contributed by atoms with Crippen LogP contribution in [0.15, 0.2) is 36.4 Å². The van der Waals surface area contributed by atoms with Crippen LogP contribution < -0.4 is 4.74 Å². The molecule has 1 aliphatic rings. The third-order valence-electron chi connectivity index (χ3n) is 4.91. The highest BCUT2D eigenvalue weighted by molar-refractivity contribution is 5.76. The Kier molecular flexibility index (Phi) is 8.37. The molecule has 0 aromatic heterocycles. The van der Waals surface area contributed by atoms with Gasteiger partial charge in [0.1, 0.15) is 17.2 Å². The van der Waals surface area contributed by atoms with Gasteiger partial charge in [0, 0.05) is 19.5 Å². The number of rotatable bonds is 5. The lowest BCUT2D eigenvalue weighted by atomic mass is 10.0. The predicted molar refractivity (Wildman–Crippen MR) is 114 cm³/mol. The molecular weight excluding hydrogens is 350 g/mol. The maximum atomic E-state index is 12.4. The molecule has 0 aliphatic carbocycles. The zero-order valence-electron chi connectivity index (χ0n) is 17.6. The van der Waals surface area contributed by atoms with Crippen molar-refractivity contribution in [3.05, 3.63) is 53.1 Å². The molecule has 1 N–H and O–H groups in total. The summed E-state index contributed by atoms with van der Waals surface area (Å²) < 4.78 is 5.98. The average molecular weight is 384 g/mol. The van der Waals surface area contributed by atoms with Crippen LogP contribution in [0.5, 0.6) is 17.2 Å². The molecule has 0 bridgehead atoms. The van der Waals surface area contributed by atoms with E-state index in [2.05, 4.69) is 12.1 Å². The molecule has 152 valence electrons. The summed E-state index contributed by atoms with van der Waals surface area (Å²) in [5, 5.41) is 9.38. The molecule has 2 aromatic rings. The summed E-state index contributed by atoms with van der Waals surface area (Å²) in [5.74, 6) is 2.02. The Morgan fingerprint density at radius 2 is 1.57 bits per heavy atom. The Morgan fingerprint density at radius 3 is 2.14 bits per heavy atom. The first-order chi connectivity index (χ1) is 13.5. The molecule has 0 unspecified atom stereocenters. The quantitative estimate of drug-likeness (QED) is 0.713. The number of aryl methyl sites for hydroxylation is 3. The molecule has 3 rings (SSSR count). The van der Waals surface area contributed by atoms with E-state index in [-0.39, 0.29) is 11.7 Å². The van der Waals surface area contributed by atoms with Crippen LogP contribution in [0.2, 0.25) is 0 Å². The number of likely N-dealkylation sites (tertiary alicyclic amines) is 1. The first-order valence-corrected chi connectivity index (χ1v) is 10.4. The molecule has 28 heavy (non-hydrogen) atoms. The van der Waals surface area contributed by atoms with Gasteiger partial charge < -0.3 is 14.7 Å². The lowest BCUT2D eigenvalue weighted by molar-refractivity contribution is -0.132. The van der Waals surface area contributed by atoms with E-state index in [1.54, 1.807) is 24.3 Å². The van der Waals surface area contributed by atoms with Gasteiger partial charge >= 0.3 is 0 Å². The maximum absolute atomic E-state index is 12.4. The Bertz CT molecular complexity index is 739. The fourth-order valence-electron chi connectivity index (χ4n) is 3.53. The zero-order valence-corrected chi connectivity index (χ0v) is 17.6. The molecule has 0 radical (unpaired) electrons. The molecule has 0 spiro atoms. The third-order valence-corrected chi connectivity index (χ3v) is 4.91. The van der Waals surface area contributed by atoms with E-state index in [0.717, 1.165) is 49.2 Å². The lowest BCUT2D eigenvalue weighted by Crippen LogP contribution is -2.35. The van der Waals surface area contributed by atoms with Crippen LogP contribution in [0.4, 0.5) is 0 Å². The number of phenolic OH excluding ortho intramolecular Hbond substituents is 1. The smallest absolute Gasteiger partial charge is 0.222 e. The molecule has 0 saturated carbocycles. The number of piperidine rings is 1. The summed E-state index contributed by atoms with van der Waals surface area (Å²) in [6.07, 6.45) is 4.83. The molecule has 4 heteroatoms. The first kappa shape index (κ1) is 21.8. The second kappa shape index (κ2) is 10.7. The van der Waals surface area contributed by atoms with Crippen molar-refractivity contribution in [2.24, 2.45) is 0 Å². The molecular formula is C24H33NO3. The summed E-state index contributed by atoms with van der Waals surface area (Å²) in [6, 6.07) is 10.9. The van der Waals surface area contributed by atoms with Gasteiger partial charge in [-0.25, -0.2) is 0 Å². The van der Waals surface area contributed by atoms with Gasteiger partial charge in [-0.15, -0.1) is 0 Å². The number of carbonyl (C=O) groups excluding carboxylic acids is 1. The summed E-state index contributed by atoms with van der Waals surface area (Å²) in [5.41, 5.74) is 3.28. The second-order valence-corrected chi connectivity index (χ2v) is 7.10. The fraction of sp³-hybridized carbons (Fsp3) is 0.458. The van der Waals surface area contributed by atoms with Gasteiger partial charge in [-0.1, -0.05) is 26.0 Å². The van der Waals surface area contributed by atoms with Crippen molar-refractivity contribution in [2.45, 2.75) is 59.8 Å². The number of aromatic hydroxyl groups is 1. The summed E-state index contributed by atoms with van der Waals surface area (Å²) in [6.45, 7) is 9.88. The van der Waals surface area contributed by atoms with Gasteiger partial charge in [0.2, 0.25) is 5.91 Å². The van der Waals surface area contributed by atoms with Crippen molar-refractivity contribution >= 4 is 5.91 Å². The van der Waals surface area contributed by atoms with Crippen LogP contribution in [0.25, 0.3) is 0 Å². The van der Waals surface area contributed by atoms with Gasteiger partial charge in [0.05, 0.1) is 0 Å². The predicted octanol–water partition coefficient (Wildman–Crippen LogP) is 5.77. The number of ether oxygens (including phenoxy) is 1. The Labute approximate surface area is 169 Å². The van der Waals surface area contributed by atoms with E-state index in [9.17, 15) is 9.90 Å². The van der Waals surface area contributed by atoms with E-state index in [1.807, 2.05) is 32.6 Å². The van der Waals surface area contributed by atoms with Crippen LogP contribution in [0.1, 0.15) is 56.2 Å². The highest BCUT2D eigenvalue weighted by atomic mass is 16.5. The van der Waals surface area contributed by atoms with E-state index in [1.165, 1.54) is 12.0 Å². The van der Waals surface area contributed by atoms with Crippen molar-refractivity contribution in [3.8, 4) is 17.2 Å². The number of nitrogens with zero attached hydrogens (tertiary/aromatic N) is 1. The first-order valence-electron chi connectivity index (χ1n) is 10.4. The van der Waals surface area contributed by atoms with Crippen LogP contribution >= 0.6 is 0 Å². The van der Waals surface area contributed by atoms with E-state index in [0.29, 0.717) is 12.2 Å². The molecule has 4 nitrogen and oxygen atoms in total. The van der Waals surface area contributed by atoms with Gasteiger partial charge in [-0.3, -0.25) is 4.79 Å². The normalized spacial score (nSPS) is 13.5. The number of hydrogen-bond acceptors (Lipinski definition) is 3. The molecule has 1 fully saturated rings. The Morgan fingerprint density at radius 1 is 1.00 bits per heavy atom. The fourth-order valence-corrected chi connectivity index (χ4v) is 3.53. The highest BCUT2D eigenvalue weighted by Gasteiger charge is 2.16. The topological polar surface area (TPSA) is 49.8 Å². The van der Waals surface area contributed by atoms with Gasteiger partial charge in [0.25, 0.3) is 0 Å². The number of amides is 1. The van der Waals surface area contributed by atoms with Gasteiger partial charge in [0.15, 0.2) is 0 Å². The summed E-state index contributed by atoms with van der Waals surface area (Å²) in [7, 11) is 0. The highest BCUT2D eigenvalue weighted by Crippen LogP contribution is 2.31. The zero-order chi connectivity index (χ0) is 20.5.